The summed E-state index contributed by atoms with van der Waals surface area (Å²) in [6, 6.07) is 8.93. The van der Waals surface area contributed by atoms with E-state index in [-0.39, 0.29) is 34.5 Å². The average Bonchev–Trinajstić information content (AvgIpc) is 2.86. The Bertz CT molecular complexity index is 1370. The first-order valence-electron chi connectivity index (χ1n) is 11.8. The number of anilines is 4. The van der Waals surface area contributed by atoms with Gasteiger partial charge in [0, 0.05) is 24.3 Å². The average molecular weight is 542 g/mol. The van der Waals surface area contributed by atoms with E-state index >= 15 is 0 Å². The van der Waals surface area contributed by atoms with Gasteiger partial charge >= 0.3 is 6.18 Å². The van der Waals surface area contributed by atoms with Crippen LogP contribution in [0.2, 0.25) is 0 Å². The SMILES string of the molecule is C=CNc1c(N)nc(NCCN(C)C)nc1C(N)=Nc1cc(C(=O)Nc2ccc(C(F)(F)F)cc2)ccc1C. The van der Waals surface area contributed by atoms with Crippen LogP contribution in [0.5, 0.6) is 0 Å². The molecule has 1 amide bonds. The van der Waals surface area contributed by atoms with Gasteiger partial charge in [-0.25, -0.2) is 9.98 Å². The molecule has 3 rings (SSSR count). The van der Waals surface area contributed by atoms with E-state index in [1.807, 2.05) is 19.0 Å². The van der Waals surface area contributed by atoms with Crippen molar-refractivity contribution in [3.05, 3.63) is 77.6 Å². The highest BCUT2D eigenvalue weighted by molar-refractivity contribution is 6.06. The second-order valence-corrected chi connectivity index (χ2v) is 8.76. The van der Waals surface area contributed by atoms with E-state index in [4.69, 9.17) is 11.5 Å². The van der Waals surface area contributed by atoms with E-state index in [1.54, 1.807) is 19.1 Å². The minimum absolute atomic E-state index is 0.00695. The number of rotatable bonds is 10. The standard InChI is InChI=1S/C26H30F3N9O/c1-5-32-20-21(36-25(37-22(20)30)33-12-13-38(3)4)23(31)35-19-14-16(7-6-15(19)2)24(39)34-18-10-8-17(9-11-18)26(27,28)29/h5-11,14,32H,1,12-13H2,2-4H3,(H2,31,35)(H,34,39)(H3,30,33,36,37). The molecular weight excluding hydrogens is 511 g/mol. The molecule has 7 N–H and O–H groups in total. The maximum Gasteiger partial charge on any atom is 0.416 e. The zero-order chi connectivity index (χ0) is 28.7. The van der Waals surface area contributed by atoms with Crippen LogP contribution in [-0.4, -0.2) is 53.8 Å². The summed E-state index contributed by atoms with van der Waals surface area (Å²) in [6.07, 6.45) is -3.06. The molecule has 0 saturated carbocycles. The molecule has 1 heterocycles. The van der Waals surface area contributed by atoms with Crippen LogP contribution in [0.25, 0.3) is 0 Å². The molecule has 0 aliphatic rings. The first kappa shape index (κ1) is 28.9. The summed E-state index contributed by atoms with van der Waals surface area (Å²) in [5.74, 6) is -0.129. The summed E-state index contributed by atoms with van der Waals surface area (Å²) >= 11 is 0. The van der Waals surface area contributed by atoms with Crippen molar-refractivity contribution < 1.29 is 18.0 Å². The van der Waals surface area contributed by atoms with Gasteiger partial charge in [0.1, 0.15) is 11.4 Å². The van der Waals surface area contributed by atoms with E-state index in [0.717, 1.165) is 18.7 Å². The fraction of sp³-hybridized carbons (Fsp3) is 0.231. The molecule has 10 nitrogen and oxygen atoms in total. The normalized spacial score (nSPS) is 11.8. The largest absolute Gasteiger partial charge is 0.416 e. The third-order valence-corrected chi connectivity index (χ3v) is 5.45. The Balaban J connectivity index is 1.89. The lowest BCUT2D eigenvalue weighted by Crippen LogP contribution is -2.23. The van der Waals surface area contributed by atoms with Gasteiger partial charge in [-0.05, 0) is 69.2 Å². The Hall–Kier alpha value is -4.65. The van der Waals surface area contributed by atoms with Crippen LogP contribution in [0.1, 0.15) is 27.2 Å². The molecule has 39 heavy (non-hydrogen) atoms. The van der Waals surface area contributed by atoms with E-state index < -0.39 is 17.6 Å². The van der Waals surface area contributed by atoms with Gasteiger partial charge in [0.05, 0.1) is 11.3 Å². The molecule has 0 unspecified atom stereocenters. The molecule has 0 bridgehead atoms. The molecule has 0 atom stereocenters. The van der Waals surface area contributed by atoms with Gasteiger partial charge in [-0.3, -0.25) is 4.79 Å². The summed E-state index contributed by atoms with van der Waals surface area (Å²) in [4.78, 5) is 28.0. The summed E-state index contributed by atoms with van der Waals surface area (Å²) in [6.45, 7) is 6.73. The first-order valence-corrected chi connectivity index (χ1v) is 11.8. The Kier molecular flexibility index (Phi) is 9.09. The lowest BCUT2D eigenvalue weighted by atomic mass is 10.1. The van der Waals surface area contributed by atoms with E-state index in [2.05, 4.69) is 37.5 Å². The number of alkyl halides is 3. The van der Waals surface area contributed by atoms with Gasteiger partial charge in [-0.2, -0.15) is 18.2 Å². The minimum atomic E-state index is -4.47. The van der Waals surface area contributed by atoms with E-state index in [1.165, 1.54) is 24.4 Å². The second kappa shape index (κ2) is 12.3. The number of aliphatic imine (C=N–C) groups is 1. The van der Waals surface area contributed by atoms with Gasteiger partial charge in [-0.15, -0.1) is 0 Å². The van der Waals surface area contributed by atoms with Gasteiger partial charge in [0.2, 0.25) is 5.95 Å². The summed E-state index contributed by atoms with van der Waals surface area (Å²) in [5.41, 5.74) is 13.8. The van der Waals surface area contributed by atoms with Crippen LogP contribution in [0, 0.1) is 6.92 Å². The zero-order valence-electron chi connectivity index (χ0n) is 21.7. The number of nitrogens with one attached hydrogen (secondary N) is 3. The predicted octanol–water partition coefficient (Wildman–Crippen LogP) is 4.20. The maximum absolute atomic E-state index is 12.8. The maximum atomic E-state index is 12.8. The van der Waals surface area contributed by atoms with Crippen molar-refractivity contribution in [3.63, 3.8) is 0 Å². The number of amides is 1. The molecule has 13 heteroatoms. The van der Waals surface area contributed by atoms with Crippen LogP contribution >= 0.6 is 0 Å². The highest BCUT2D eigenvalue weighted by Gasteiger charge is 2.30. The number of nitrogens with zero attached hydrogens (tertiary/aromatic N) is 4. The number of benzene rings is 2. The van der Waals surface area contributed by atoms with Crippen molar-refractivity contribution in [2.75, 3.05) is 48.9 Å². The Morgan fingerprint density at radius 1 is 1.15 bits per heavy atom. The predicted molar refractivity (Wildman–Crippen MR) is 148 cm³/mol. The molecule has 0 aliphatic carbocycles. The van der Waals surface area contributed by atoms with Gasteiger partial charge in [0.25, 0.3) is 5.91 Å². The van der Waals surface area contributed by atoms with Crippen LogP contribution in [0.3, 0.4) is 0 Å². The quantitative estimate of drug-likeness (QED) is 0.190. The summed E-state index contributed by atoms with van der Waals surface area (Å²) in [5, 5.41) is 8.55. The number of likely N-dealkylation sites (N-methyl/N-ethyl adjacent to an activating group) is 1. The fourth-order valence-corrected chi connectivity index (χ4v) is 3.38. The van der Waals surface area contributed by atoms with Gasteiger partial charge in [0.15, 0.2) is 11.7 Å². The number of carbonyl (C=O) groups is 1. The molecule has 1 aromatic heterocycles. The number of aryl methyl sites for hydroxylation is 1. The zero-order valence-corrected chi connectivity index (χ0v) is 21.7. The van der Waals surface area contributed by atoms with Crippen LogP contribution in [-0.2, 0) is 6.18 Å². The highest BCUT2D eigenvalue weighted by Crippen LogP contribution is 2.30. The Morgan fingerprint density at radius 2 is 1.85 bits per heavy atom. The lowest BCUT2D eigenvalue weighted by Gasteiger charge is -2.15. The molecule has 0 spiro atoms. The van der Waals surface area contributed by atoms with Crippen molar-refractivity contribution in [1.29, 1.82) is 0 Å². The number of hydrogen-bond acceptors (Lipinski definition) is 8. The smallest absolute Gasteiger partial charge is 0.382 e. The monoisotopic (exact) mass is 541 g/mol. The third kappa shape index (κ3) is 7.68. The summed E-state index contributed by atoms with van der Waals surface area (Å²) in [7, 11) is 3.87. The van der Waals surface area contributed by atoms with Crippen LogP contribution < -0.4 is 27.4 Å². The Labute approximate surface area is 224 Å². The number of hydrogen-bond donors (Lipinski definition) is 5. The second-order valence-electron chi connectivity index (χ2n) is 8.76. The number of halogens is 3. The van der Waals surface area contributed by atoms with E-state index in [0.29, 0.717) is 23.5 Å². The van der Waals surface area contributed by atoms with Crippen molar-refractivity contribution in [3.8, 4) is 0 Å². The molecule has 0 fully saturated rings. The Morgan fingerprint density at radius 3 is 2.46 bits per heavy atom. The fourth-order valence-electron chi connectivity index (χ4n) is 3.38. The molecule has 2 aromatic carbocycles. The lowest BCUT2D eigenvalue weighted by molar-refractivity contribution is -0.137. The van der Waals surface area contributed by atoms with Crippen LogP contribution in [0.15, 0.2) is 60.2 Å². The van der Waals surface area contributed by atoms with E-state index in [9.17, 15) is 18.0 Å². The van der Waals surface area contributed by atoms with Crippen LogP contribution in [0.4, 0.5) is 42.0 Å². The molecule has 3 aromatic rings. The molecule has 0 saturated heterocycles. The van der Waals surface area contributed by atoms with Crippen molar-refractivity contribution in [1.82, 2.24) is 14.9 Å². The highest BCUT2D eigenvalue weighted by atomic mass is 19.4. The van der Waals surface area contributed by atoms with Crippen molar-refractivity contribution in [2.45, 2.75) is 13.1 Å². The number of nitrogens with two attached hydrogens (primary N) is 2. The molecule has 206 valence electrons. The third-order valence-electron chi connectivity index (χ3n) is 5.45. The van der Waals surface area contributed by atoms with Gasteiger partial charge in [-0.1, -0.05) is 12.6 Å². The number of aromatic nitrogens is 2. The number of amidine groups is 1. The summed E-state index contributed by atoms with van der Waals surface area (Å²) < 4.78 is 38.4. The molecule has 0 aliphatic heterocycles. The van der Waals surface area contributed by atoms with Crippen molar-refractivity contribution in [2.24, 2.45) is 10.7 Å². The molecule has 0 radical (unpaired) electrons. The number of nitrogen functional groups attached to an aromatic ring is 1. The topological polar surface area (TPSA) is 147 Å². The molecular formula is C26H30F3N9O. The first-order chi connectivity index (χ1) is 18.4. The van der Waals surface area contributed by atoms with Gasteiger partial charge < -0.3 is 32.3 Å². The number of carbonyl (C=O) groups excluding carboxylic acids is 1. The minimum Gasteiger partial charge on any atom is -0.382 e. The van der Waals surface area contributed by atoms with Crippen molar-refractivity contribution >= 4 is 40.6 Å².